The fourth-order valence-electron chi connectivity index (χ4n) is 3.09. The summed E-state index contributed by atoms with van der Waals surface area (Å²) in [4.78, 5) is 30.2. The van der Waals surface area contributed by atoms with Crippen LogP contribution in [0.25, 0.3) is 0 Å². The van der Waals surface area contributed by atoms with Crippen molar-refractivity contribution in [3.63, 3.8) is 0 Å². The van der Waals surface area contributed by atoms with Gasteiger partial charge in [0.1, 0.15) is 11.4 Å². The second kappa shape index (κ2) is 9.35. The molecular formula is C23H25N3O5S. The summed E-state index contributed by atoms with van der Waals surface area (Å²) in [5, 5.41) is 5.24. The number of hydrogen-bond donors (Lipinski definition) is 2. The van der Waals surface area contributed by atoms with Crippen molar-refractivity contribution in [2.45, 2.75) is 37.8 Å². The van der Waals surface area contributed by atoms with E-state index in [0.29, 0.717) is 17.1 Å². The first-order valence-electron chi connectivity index (χ1n) is 10.1. The van der Waals surface area contributed by atoms with Crippen LogP contribution in [-0.2, 0) is 19.4 Å². The van der Waals surface area contributed by atoms with Crippen molar-refractivity contribution in [2.24, 2.45) is 4.99 Å². The Morgan fingerprint density at radius 2 is 1.75 bits per heavy atom. The Bertz CT molecular complexity index is 1210. The minimum atomic E-state index is -3.45. The average Bonchev–Trinajstić information content (AvgIpc) is 2.88. The first kappa shape index (κ1) is 23.2. The van der Waals surface area contributed by atoms with Gasteiger partial charge in [-0.1, -0.05) is 12.1 Å². The molecule has 0 aromatic heterocycles. The molecule has 3 rings (SSSR count). The lowest BCUT2D eigenvalue weighted by Gasteiger charge is -2.13. The van der Waals surface area contributed by atoms with Crippen molar-refractivity contribution < 1.29 is 22.7 Å². The Morgan fingerprint density at radius 3 is 2.38 bits per heavy atom. The molecule has 0 radical (unpaired) electrons. The molecule has 2 N–H and O–H groups in total. The van der Waals surface area contributed by atoms with E-state index in [2.05, 4.69) is 15.6 Å². The van der Waals surface area contributed by atoms with E-state index in [1.807, 2.05) is 12.1 Å². The number of carbonyl (C=O) groups is 2. The molecule has 0 spiro atoms. The number of fused-ring (bicyclic) bond motifs is 1. The molecular weight excluding hydrogens is 430 g/mol. The molecule has 1 heterocycles. The smallest absolute Gasteiger partial charge is 0.343 e. The number of rotatable bonds is 5. The number of sulfone groups is 1. The minimum Gasteiger partial charge on any atom is -0.462 e. The molecule has 0 fully saturated rings. The van der Waals surface area contributed by atoms with Gasteiger partial charge < -0.3 is 15.4 Å². The Labute approximate surface area is 187 Å². The Morgan fingerprint density at radius 1 is 1.09 bits per heavy atom. The largest absolute Gasteiger partial charge is 0.462 e. The van der Waals surface area contributed by atoms with Gasteiger partial charge in [0.2, 0.25) is 0 Å². The van der Waals surface area contributed by atoms with Gasteiger partial charge in [0.05, 0.1) is 28.1 Å². The van der Waals surface area contributed by atoms with Crippen LogP contribution in [0.1, 0.15) is 38.1 Å². The molecule has 2 aromatic rings. The maximum atomic E-state index is 12.9. The fraction of sp³-hybridized carbons (Fsp3) is 0.261. The van der Waals surface area contributed by atoms with Gasteiger partial charge in [-0.3, -0.25) is 4.79 Å². The number of carbonyl (C=O) groups excluding carboxylic acids is 2. The Kier molecular flexibility index (Phi) is 6.78. The monoisotopic (exact) mass is 455 g/mol. The van der Waals surface area contributed by atoms with Gasteiger partial charge in [-0.15, -0.1) is 0 Å². The van der Waals surface area contributed by atoms with Gasteiger partial charge in [-0.05, 0) is 64.1 Å². The highest BCUT2D eigenvalue weighted by Crippen LogP contribution is 2.30. The lowest BCUT2D eigenvalue weighted by molar-refractivity contribution is -0.137. The van der Waals surface area contributed by atoms with Crippen molar-refractivity contribution in [2.75, 3.05) is 11.9 Å². The number of ether oxygens (including phenoxy) is 1. The highest BCUT2D eigenvalue weighted by atomic mass is 32.2. The number of nitrogens with one attached hydrogen (secondary N) is 2. The molecule has 8 nitrogen and oxygen atoms in total. The minimum absolute atomic E-state index is 0.0438. The predicted octanol–water partition coefficient (Wildman–Crippen LogP) is 3.59. The maximum Gasteiger partial charge on any atom is 0.343 e. The van der Waals surface area contributed by atoms with Crippen LogP contribution in [-0.4, -0.2) is 38.0 Å². The van der Waals surface area contributed by atoms with Crippen molar-refractivity contribution in [3.8, 4) is 0 Å². The molecule has 9 heteroatoms. The lowest BCUT2D eigenvalue weighted by atomic mass is 10.1. The predicted molar refractivity (Wildman–Crippen MR) is 123 cm³/mol. The van der Waals surface area contributed by atoms with Crippen LogP contribution in [0.15, 0.2) is 69.7 Å². The molecule has 0 unspecified atom stereocenters. The van der Waals surface area contributed by atoms with Crippen molar-refractivity contribution >= 4 is 38.9 Å². The SMILES string of the molecule is CCOC(=O)C1=C(C)Nc2ccccc2N=C1NC(=O)c1ccc(S(=O)(=O)C(C)C)cc1. The second-order valence-electron chi connectivity index (χ2n) is 7.40. The van der Waals surface area contributed by atoms with Crippen LogP contribution < -0.4 is 10.6 Å². The van der Waals surface area contributed by atoms with E-state index in [-0.39, 0.29) is 28.5 Å². The molecule has 1 aliphatic heterocycles. The van der Waals surface area contributed by atoms with Gasteiger partial charge in [0.15, 0.2) is 9.84 Å². The number of anilines is 1. The van der Waals surface area contributed by atoms with Crippen molar-refractivity contribution in [1.29, 1.82) is 0 Å². The maximum absolute atomic E-state index is 12.9. The zero-order valence-electron chi connectivity index (χ0n) is 18.3. The van der Waals surface area contributed by atoms with Crippen LogP contribution in [0, 0.1) is 0 Å². The Hall–Kier alpha value is -3.46. The molecule has 0 atom stereocenters. The molecule has 1 aliphatic rings. The number of amidine groups is 1. The number of hydrogen-bond acceptors (Lipinski definition) is 7. The molecule has 0 saturated carbocycles. The van der Waals surface area contributed by atoms with Crippen LogP contribution in [0.5, 0.6) is 0 Å². The summed E-state index contributed by atoms with van der Waals surface area (Å²) in [6, 6.07) is 12.8. The van der Waals surface area contributed by atoms with Crippen LogP contribution in [0.4, 0.5) is 11.4 Å². The average molecular weight is 456 g/mol. The fourth-order valence-corrected chi connectivity index (χ4v) is 4.15. The summed E-state index contributed by atoms with van der Waals surface area (Å²) in [6.45, 7) is 6.74. The van der Waals surface area contributed by atoms with Crippen molar-refractivity contribution in [1.82, 2.24) is 5.32 Å². The number of benzene rings is 2. The zero-order chi connectivity index (χ0) is 23.5. The van der Waals surface area contributed by atoms with E-state index in [4.69, 9.17) is 4.74 Å². The summed E-state index contributed by atoms with van der Waals surface area (Å²) in [7, 11) is -3.45. The number of aliphatic imine (C=N–C) groups is 1. The van der Waals surface area contributed by atoms with Crippen molar-refractivity contribution in [3.05, 3.63) is 65.4 Å². The lowest BCUT2D eigenvalue weighted by Crippen LogP contribution is -2.35. The van der Waals surface area contributed by atoms with E-state index in [1.54, 1.807) is 39.8 Å². The molecule has 0 bridgehead atoms. The number of allylic oxidation sites excluding steroid dienone is 1. The van der Waals surface area contributed by atoms with Crippen LogP contribution in [0.3, 0.4) is 0 Å². The van der Waals surface area contributed by atoms with Crippen LogP contribution in [0.2, 0.25) is 0 Å². The third-order valence-corrected chi connectivity index (χ3v) is 7.02. The third kappa shape index (κ3) is 4.72. The number of para-hydroxylation sites is 2. The van der Waals surface area contributed by atoms with Gasteiger partial charge in [0, 0.05) is 11.3 Å². The molecule has 32 heavy (non-hydrogen) atoms. The van der Waals surface area contributed by atoms with Crippen LogP contribution >= 0.6 is 0 Å². The summed E-state index contributed by atoms with van der Waals surface area (Å²) in [5.74, 6) is -1.11. The van der Waals surface area contributed by atoms with Gasteiger partial charge in [-0.25, -0.2) is 18.2 Å². The number of nitrogens with zero attached hydrogens (tertiary/aromatic N) is 1. The molecule has 0 saturated heterocycles. The summed E-state index contributed by atoms with van der Waals surface area (Å²) in [6.07, 6.45) is 0. The molecule has 2 aromatic carbocycles. The van der Waals surface area contributed by atoms with Gasteiger partial charge in [0.25, 0.3) is 5.91 Å². The first-order chi connectivity index (χ1) is 15.1. The van der Waals surface area contributed by atoms with Gasteiger partial charge in [-0.2, -0.15) is 0 Å². The van der Waals surface area contributed by atoms with E-state index in [0.717, 1.165) is 0 Å². The van der Waals surface area contributed by atoms with Gasteiger partial charge >= 0.3 is 5.97 Å². The summed E-state index contributed by atoms with van der Waals surface area (Å²) < 4.78 is 29.8. The van der Waals surface area contributed by atoms with E-state index < -0.39 is 27.0 Å². The highest BCUT2D eigenvalue weighted by Gasteiger charge is 2.26. The Balaban J connectivity index is 1.97. The first-order valence-corrected chi connectivity index (χ1v) is 11.7. The number of amides is 1. The standard InChI is InChI=1S/C23H25N3O5S/c1-5-31-23(28)20-15(4)24-18-8-6-7-9-19(18)25-21(20)26-22(27)16-10-12-17(13-11-16)32(29,30)14(2)3/h6-14,24H,5H2,1-4H3,(H,25,26,27). The van der Waals surface area contributed by atoms with E-state index >= 15 is 0 Å². The number of esters is 1. The summed E-state index contributed by atoms with van der Waals surface area (Å²) in [5.41, 5.74) is 2.03. The molecule has 1 amide bonds. The molecule has 168 valence electrons. The molecule has 0 aliphatic carbocycles. The van der Waals surface area contributed by atoms with E-state index in [9.17, 15) is 18.0 Å². The highest BCUT2D eigenvalue weighted by molar-refractivity contribution is 7.92. The third-order valence-electron chi connectivity index (χ3n) is 4.85. The zero-order valence-corrected chi connectivity index (χ0v) is 19.1. The van der Waals surface area contributed by atoms with E-state index in [1.165, 1.54) is 24.3 Å². The summed E-state index contributed by atoms with van der Waals surface area (Å²) >= 11 is 0. The quantitative estimate of drug-likeness (QED) is 0.666. The normalized spacial score (nSPS) is 13.6. The second-order valence-corrected chi connectivity index (χ2v) is 9.90. The topological polar surface area (TPSA) is 114 Å².